The van der Waals surface area contributed by atoms with Crippen LogP contribution in [0.5, 0.6) is 28.7 Å². The zero-order valence-corrected chi connectivity index (χ0v) is 28.0. The van der Waals surface area contributed by atoms with Crippen molar-refractivity contribution in [2.75, 3.05) is 66.0 Å². The largest absolute Gasteiger partial charge is 0.493 e. The summed E-state index contributed by atoms with van der Waals surface area (Å²) in [6.45, 7) is 2.85. The van der Waals surface area contributed by atoms with E-state index >= 15 is 0 Å². The van der Waals surface area contributed by atoms with E-state index in [0.29, 0.717) is 78.9 Å². The van der Waals surface area contributed by atoms with Gasteiger partial charge < -0.3 is 44.1 Å². The fourth-order valence-corrected chi connectivity index (χ4v) is 6.66. The Hall–Kier alpha value is -5.46. The van der Waals surface area contributed by atoms with Gasteiger partial charge in [0, 0.05) is 38.7 Å². The number of aryl methyl sites for hydroxylation is 1. The molecule has 2 N–H and O–H groups in total. The molecule has 0 unspecified atom stereocenters. The van der Waals surface area contributed by atoms with Crippen LogP contribution in [-0.4, -0.2) is 94.3 Å². The molecule has 3 aliphatic rings. The topological polar surface area (TPSA) is 145 Å². The lowest BCUT2D eigenvalue weighted by Gasteiger charge is -2.37. The summed E-state index contributed by atoms with van der Waals surface area (Å²) in [6, 6.07) is 13.6. The number of carbonyl (C=O) groups excluding carboxylic acids is 3. The Bertz CT molecular complexity index is 1820. The monoisotopic (exact) mass is 672 g/mol. The van der Waals surface area contributed by atoms with Crippen LogP contribution in [0.2, 0.25) is 0 Å². The van der Waals surface area contributed by atoms with Crippen LogP contribution >= 0.6 is 0 Å². The number of nitrogens with one attached hydrogen (secondary N) is 2. The second-order valence-electron chi connectivity index (χ2n) is 12.0. The van der Waals surface area contributed by atoms with Crippen molar-refractivity contribution in [3.63, 3.8) is 0 Å². The van der Waals surface area contributed by atoms with E-state index in [2.05, 4.69) is 10.6 Å². The van der Waals surface area contributed by atoms with E-state index in [4.69, 9.17) is 23.7 Å². The summed E-state index contributed by atoms with van der Waals surface area (Å²) in [5.41, 5.74) is 2.86. The van der Waals surface area contributed by atoms with Crippen LogP contribution in [0.1, 0.15) is 30.5 Å². The Morgan fingerprint density at radius 2 is 1.61 bits per heavy atom. The maximum atomic E-state index is 13.6. The number of carbonyl (C=O) groups is 3. The highest BCUT2D eigenvalue weighted by Crippen LogP contribution is 2.50. The maximum absolute atomic E-state index is 13.6. The number of fused-ring (bicyclic) bond motifs is 4. The van der Waals surface area contributed by atoms with Crippen LogP contribution < -0.4 is 39.7 Å². The molecule has 0 spiro atoms. The van der Waals surface area contributed by atoms with E-state index < -0.39 is 12.1 Å². The van der Waals surface area contributed by atoms with Crippen LogP contribution in [-0.2, 0) is 20.8 Å². The lowest BCUT2D eigenvalue weighted by atomic mass is 9.95. The van der Waals surface area contributed by atoms with Crippen molar-refractivity contribution in [1.29, 1.82) is 0 Å². The van der Waals surface area contributed by atoms with Gasteiger partial charge in [0.25, 0.3) is 5.91 Å². The van der Waals surface area contributed by atoms with Gasteiger partial charge in [-0.2, -0.15) is 0 Å². The number of methoxy groups -OCH3 is 3. The standard InChI is InChI=1S/C36H40N4O9/c1-21(41)38-25-11-9-22-17-30(45-2)34(46-3)35(47-4)33(22)23-10-12-26(27(42)18-24(23)25)37-19-32(43)39-13-15-40(16-14-39)36(44)31-20-48-28-7-5-6-8-29(28)49-31/h5-8,10,12,17-18,25,31H,9,11,13-16,19-20H2,1-4H3,(H,37,42)(H,38,41)/t25-,31+/m0/s1. The fraction of sp³-hybridized carbons (Fsp3) is 0.389. The van der Waals surface area contributed by atoms with Gasteiger partial charge in [-0.05, 0) is 59.9 Å². The second-order valence-corrected chi connectivity index (χ2v) is 12.0. The summed E-state index contributed by atoms with van der Waals surface area (Å²) < 4.78 is 28.7. The van der Waals surface area contributed by atoms with E-state index in [1.54, 1.807) is 48.3 Å². The van der Waals surface area contributed by atoms with Crippen molar-refractivity contribution in [2.24, 2.45) is 0 Å². The summed E-state index contributed by atoms with van der Waals surface area (Å²) >= 11 is 0. The first-order valence-corrected chi connectivity index (χ1v) is 16.2. The summed E-state index contributed by atoms with van der Waals surface area (Å²) in [7, 11) is 4.63. The first kappa shape index (κ1) is 33.4. The number of piperazine rings is 1. The molecule has 2 heterocycles. The first-order valence-electron chi connectivity index (χ1n) is 16.2. The van der Waals surface area contributed by atoms with Gasteiger partial charge in [-0.25, -0.2) is 0 Å². The van der Waals surface area contributed by atoms with E-state index in [9.17, 15) is 19.2 Å². The molecule has 0 radical (unpaired) electrons. The highest BCUT2D eigenvalue weighted by molar-refractivity contribution is 5.85. The van der Waals surface area contributed by atoms with Gasteiger partial charge in [-0.1, -0.05) is 18.2 Å². The van der Waals surface area contributed by atoms with Gasteiger partial charge >= 0.3 is 0 Å². The van der Waals surface area contributed by atoms with Crippen molar-refractivity contribution < 1.29 is 38.1 Å². The Balaban J connectivity index is 1.18. The highest BCUT2D eigenvalue weighted by Gasteiger charge is 2.34. The lowest BCUT2D eigenvalue weighted by molar-refractivity contribution is -0.145. The third-order valence-corrected chi connectivity index (χ3v) is 9.07. The van der Waals surface area contributed by atoms with Crippen molar-refractivity contribution in [2.45, 2.75) is 31.9 Å². The summed E-state index contributed by atoms with van der Waals surface area (Å²) in [6.07, 6.45) is 0.366. The van der Waals surface area contributed by atoms with Gasteiger partial charge in [0.2, 0.25) is 29.1 Å². The van der Waals surface area contributed by atoms with Crippen molar-refractivity contribution in [3.8, 4) is 39.9 Å². The molecule has 49 heavy (non-hydrogen) atoms. The number of anilines is 1. The molecule has 0 bridgehead atoms. The van der Waals surface area contributed by atoms with Crippen LogP contribution in [0.15, 0.2) is 53.3 Å². The number of benzene rings is 2. The molecule has 13 heteroatoms. The zero-order chi connectivity index (χ0) is 34.7. The number of amides is 3. The molecule has 2 atom stereocenters. The van der Waals surface area contributed by atoms with E-state index in [-0.39, 0.29) is 42.0 Å². The summed E-state index contributed by atoms with van der Waals surface area (Å²) in [5, 5.41) is 6.02. The van der Waals surface area contributed by atoms with Crippen molar-refractivity contribution in [1.82, 2.24) is 15.1 Å². The van der Waals surface area contributed by atoms with Crippen LogP contribution in [0.25, 0.3) is 11.1 Å². The molecule has 13 nitrogen and oxygen atoms in total. The molecular formula is C36H40N4O9. The molecule has 0 saturated carbocycles. The molecule has 1 fully saturated rings. The second kappa shape index (κ2) is 14.3. The average Bonchev–Trinajstić information content (AvgIpc) is 3.36. The minimum Gasteiger partial charge on any atom is -0.493 e. The molecule has 1 aliphatic carbocycles. The third kappa shape index (κ3) is 6.78. The molecule has 3 aromatic rings. The molecule has 1 saturated heterocycles. The number of hydrogen-bond donors (Lipinski definition) is 2. The number of rotatable bonds is 8. The Kier molecular flexibility index (Phi) is 9.79. The molecule has 6 rings (SSSR count). The van der Waals surface area contributed by atoms with Gasteiger partial charge in [-0.3, -0.25) is 19.2 Å². The Morgan fingerprint density at radius 1 is 0.898 bits per heavy atom. The third-order valence-electron chi connectivity index (χ3n) is 9.07. The molecule has 2 aliphatic heterocycles. The summed E-state index contributed by atoms with van der Waals surface area (Å²) in [4.78, 5) is 55.6. The molecular weight excluding hydrogens is 632 g/mol. The zero-order valence-electron chi connectivity index (χ0n) is 28.0. The van der Waals surface area contributed by atoms with E-state index in [1.165, 1.54) is 20.1 Å². The predicted molar refractivity (Wildman–Crippen MR) is 181 cm³/mol. The number of nitrogens with zero attached hydrogens (tertiary/aromatic N) is 2. The van der Waals surface area contributed by atoms with Crippen molar-refractivity contribution in [3.05, 3.63) is 69.9 Å². The minimum absolute atomic E-state index is 0.117. The van der Waals surface area contributed by atoms with Gasteiger partial charge in [0.05, 0.1) is 39.6 Å². The number of para-hydroxylation sites is 2. The lowest BCUT2D eigenvalue weighted by Crippen LogP contribution is -2.55. The SMILES string of the molecule is COc1cc2c(c(OC)c1OC)-c1ccc(NCC(=O)N3CCN(C(=O)[C@H]4COc5ccccc5O4)CC3)c(=O)cc1[C@@H](NC(C)=O)CC2. The van der Waals surface area contributed by atoms with Gasteiger partial charge in [0.15, 0.2) is 23.0 Å². The molecule has 0 aromatic heterocycles. The van der Waals surface area contributed by atoms with Crippen LogP contribution in [0.4, 0.5) is 5.69 Å². The summed E-state index contributed by atoms with van der Waals surface area (Å²) in [5.74, 6) is 1.91. The maximum Gasteiger partial charge on any atom is 0.267 e. The van der Waals surface area contributed by atoms with Crippen LogP contribution in [0.3, 0.4) is 0 Å². The van der Waals surface area contributed by atoms with E-state index in [0.717, 1.165) is 11.1 Å². The number of ether oxygens (including phenoxy) is 5. The van der Waals surface area contributed by atoms with Crippen LogP contribution in [0, 0.1) is 0 Å². The fourth-order valence-electron chi connectivity index (χ4n) is 6.66. The molecule has 3 aromatic carbocycles. The number of hydrogen-bond acceptors (Lipinski definition) is 10. The molecule has 3 amide bonds. The Morgan fingerprint density at radius 3 is 2.31 bits per heavy atom. The normalized spacial score (nSPS) is 17.9. The van der Waals surface area contributed by atoms with Gasteiger partial charge in [0.1, 0.15) is 6.61 Å². The molecule has 258 valence electrons. The van der Waals surface area contributed by atoms with E-state index in [1.807, 2.05) is 18.2 Å². The first-order chi connectivity index (χ1) is 23.7. The highest BCUT2D eigenvalue weighted by atomic mass is 16.6. The minimum atomic E-state index is -0.747. The quantitative estimate of drug-likeness (QED) is 0.367. The van der Waals surface area contributed by atoms with Crippen molar-refractivity contribution >= 4 is 23.4 Å². The average molecular weight is 673 g/mol. The predicted octanol–water partition coefficient (Wildman–Crippen LogP) is 2.79. The smallest absolute Gasteiger partial charge is 0.267 e. The Labute approximate surface area is 284 Å². The van der Waals surface area contributed by atoms with Gasteiger partial charge in [-0.15, -0.1) is 0 Å².